The number of hydrogen-bond donors (Lipinski definition) is 4. The van der Waals surface area contributed by atoms with Gasteiger partial charge in [0, 0.05) is 97.5 Å². The number of H-pyrrole nitrogens is 1. The van der Waals surface area contributed by atoms with Crippen LogP contribution in [-0.2, 0) is 52.3 Å². The summed E-state index contributed by atoms with van der Waals surface area (Å²) in [6.45, 7) is 9.24. The molecule has 6 heterocycles. The lowest BCUT2D eigenvalue weighted by atomic mass is 9.47. The number of carbonyl (C=O) groups excluding carboxylic acids is 4. The van der Waals surface area contributed by atoms with E-state index in [1.165, 1.54) is 21.1 Å². The zero-order chi connectivity index (χ0) is 49.4. The monoisotopic (exact) mass is 957 g/mol. The molecule has 1 unspecified atom stereocenters. The molecule has 10 rings (SSSR count). The van der Waals surface area contributed by atoms with E-state index >= 15 is 4.79 Å². The number of likely N-dealkylation sites (N-methyl/N-ethyl adjacent to an activating group) is 1. The number of aliphatic hydroxyl groups is 1. The number of methoxy groups -OCH3 is 3. The highest BCUT2D eigenvalue weighted by Crippen LogP contribution is 2.68. The van der Waals surface area contributed by atoms with Crippen LogP contribution in [0, 0.1) is 11.3 Å². The van der Waals surface area contributed by atoms with Gasteiger partial charge in [-0.2, -0.15) is 0 Å². The summed E-state index contributed by atoms with van der Waals surface area (Å²) < 4.78 is 24.3. The molecule has 10 atom stereocenters. The number of ether oxygens (including phenoxy) is 4. The van der Waals surface area contributed by atoms with Gasteiger partial charge in [0.15, 0.2) is 6.10 Å². The minimum absolute atomic E-state index is 0.122. The molecule has 4 aromatic rings. The molecule has 1 aliphatic carbocycles. The summed E-state index contributed by atoms with van der Waals surface area (Å²) in [4.78, 5) is 67.9. The predicted molar refractivity (Wildman–Crippen MR) is 265 cm³/mol. The number of para-hydroxylation sites is 1. The first-order valence-electron chi connectivity index (χ1n) is 25.1. The van der Waals surface area contributed by atoms with Crippen LogP contribution >= 0.6 is 0 Å². The van der Waals surface area contributed by atoms with E-state index in [2.05, 4.69) is 68.8 Å². The number of nitrogens with one attached hydrogen (secondary N) is 3. The van der Waals surface area contributed by atoms with E-state index in [-0.39, 0.29) is 18.0 Å². The number of carbonyl (C=O) groups is 4. The summed E-state index contributed by atoms with van der Waals surface area (Å²) in [5.41, 5.74) is -0.374. The van der Waals surface area contributed by atoms with Crippen molar-refractivity contribution in [3.63, 3.8) is 0 Å². The van der Waals surface area contributed by atoms with Gasteiger partial charge in [0.05, 0.1) is 32.9 Å². The Bertz CT molecular complexity index is 2740. The van der Waals surface area contributed by atoms with Crippen molar-refractivity contribution in [1.29, 1.82) is 0 Å². The van der Waals surface area contributed by atoms with Gasteiger partial charge in [-0.25, -0.2) is 9.59 Å². The van der Waals surface area contributed by atoms with Gasteiger partial charge >= 0.3 is 23.9 Å². The average Bonchev–Trinajstić information content (AvgIpc) is 4.03. The largest absolute Gasteiger partial charge is 0.496 e. The smallest absolute Gasteiger partial charge is 0.344 e. The summed E-state index contributed by atoms with van der Waals surface area (Å²) in [7, 11) is 6.17. The van der Waals surface area contributed by atoms with E-state index in [0.717, 1.165) is 39.0 Å². The van der Waals surface area contributed by atoms with Crippen molar-refractivity contribution >= 4 is 40.5 Å². The minimum atomic E-state index is -2.33. The zero-order valence-electron chi connectivity index (χ0n) is 41.6. The first kappa shape index (κ1) is 47.8. The maximum Gasteiger partial charge on any atom is 0.344 e. The fourth-order valence-electron chi connectivity index (χ4n) is 15.0. The molecular weight excluding hydrogens is 889 g/mol. The second-order valence-corrected chi connectivity index (χ2v) is 20.9. The first-order valence-corrected chi connectivity index (χ1v) is 25.1. The second-order valence-electron chi connectivity index (χ2n) is 20.9. The Kier molecular flexibility index (Phi) is 12.1. The number of esters is 3. The Morgan fingerprint density at radius 3 is 2.37 bits per heavy atom. The number of hydrogen-bond acceptors (Lipinski definition) is 12. The van der Waals surface area contributed by atoms with Gasteiger partial charge in [-0.15, -0.1) is 0 Å². The number of rotatable bonds is 11. The van der Waals surface area contributed by atoms with Crippen LogP contribution in [0.2, 0.25) is 0 Å². The quantitative estimate of drug-likeness (QED) is 0.0842. The number of piperidine rings is 1. The molecule has 1 saturated carbocycles. The lowest BCUT2D eigenvalue weighted by Gasteiger charge is -2.63. The van der Waals surface area contributed by atoms with E-state index in [4.69, 9.17) is 18.9 Å². The number of urea groups is 1. The van der Waals surface area contributed by atoms with E-state index in [9.17, 15) is 19.5 Å². The maximum atomic E-state index is 15.7. The molecule has 15 heteroatoms. The van der Waals surface area contributed by atoms with Crippen LogP contribution in [0.4, 0.5) is 10.5 Å². The van der Waals surface area contributed by atoms with Gasteiger partial charge < -0.3 is 49.5 Å². The SMILES string of the molecule is CC[C@]1(NC(=O)NCCc2ccccc2)C[C@H]2CN(CCc3c([nH]c4ccccc34)[C@@](C(=O)OC)(c3cc4c(cc3OC)N(C)[C@H]3[C@@](O)(C(=O)OC)[C@H](OC(C)=O)[C@]5(CC)C=CCN6CC[C@]43[C@@H]65)C2)C1. The third-order valence-electron chi connectivity index (χ3n) is 17.6. The molecule has 1 spiro atoms. The van der Waals surface area contributed by atoms with Crippen LogP contribution in [-0.4, -0.2) is 141 Å². The third kappa shape index (κ3) is 6.92. The van der Waals surface area contributed by atoms with Crippen molar-refractivity contribution in [2.75, 3.05) is 72.5 Å². The van der Waals surface area contributed by atoms with Gasteiger partial charge in [0.25, 0.3) is 0 Å². The fraction of sp³-hybridized carbons (Fsp3) is 0.527. The van der Waals surface area contributed by atoms with Crippen molar-refractivity contribution < 1.29 is 43.2 Å². The van der Waals surface area contributed by atoms with Crippen molar-refractivity contribution in [2.45, 2.75) is 106 Å². The number of amides is 2. The highest BCUT2D eigenvalue weighted by atomic mass is 16.6. The summed E-state index contributed by atoms with van der Waals surface area (Å²) in [6, 6.07) is 20.8. The molecule has 5 aliphatic heterocycles. The molecular formula is C55H68N6O9. The van der Waals surface area contributed by atoms with Gasteiger partial charge in [-0.1, -0.05) is 74.5 Å². The van der Waals surface area contributed by atoms with Crippen molar-refractivity contribution in [3.8, 4) is 5.75 Å². The van der Waals surface area contributed by atoms with Gasteiger partial charge in [-0.05, 0) is 86.2 Å². The molecule has 0 radical (unpaired) electrons. The number of aromatic amines is 1. The number of aromatic nitrogens is 1. The minimum Gasteiger partial charge on any atom is -0.496 e. The van der Waals surface area contributed by atoms with Crippen LogP contribution in [0.5, 0.6) is 5.75 Å². The molecule has 4 N–H and O–H groups in total. The summed E-state index contributed by atoms with van der Waals surface area (Å²) >= 11 is 0. The molecule has 372 valence electrons. The summed E-state index contributed by atoms with van der Waals surface area (Å²) in [6.07, 6.45) is 6.74. The van der Waals surface area contributed by atoms with Crippen LogP contribution in [0.15, 0.2) is 78.9 Å². The predicted octanol–water partition coefficient (Wildman–Crippen LogP) is 5.54. The highest BCUT2D eigenvalue weighted by molar-refractivity contribution is 5.95. The van der Waals surface area contributed by atoms with Gasteiger partial charge in [0.1, 0.15) is 11.2 Å². The molecule has 70 heavy (non-hydrogen) atoms. The Morgan fingerprint density at radius 1 is 0.900 bits per heavy atom. The second kappa shape index (κ2) is 17.7. The van der Waals surface area contributed by atoms with Crippen molar-refractivity contribution in [3.05, 3.63) is 107 Å². The lowest BCUT2D eigenvalue weighted by Crippen LogP contribution is -2.81. The Hall–Kier alpha value is -5.90. The number of fused-ring (bicyclic) bond motifs is 6. The standard InChI is InChI=1S/C55H68N6O9/c1-8-51(58-50(65)56-24-20-35-16-11-10-12-17-35)30-36-31-54(48(63)68-6,44-38(21-26-60(32-36)33-51)37-18-13-14-19-41(37)57-44)40-28-39-42(29-43(40)67-5)59(4)46-53(39)23-27-61-25-15-22-52(9-2,45(53)61)47(70-34(3)62)55(46,66)49(64)69-7/h10-19,22,28-29,36,45-47,57,66H,8-9,20-21,23-27,30-33H2,1-7H3,(H2,56,58,65)/t36-,45+,46-,47-,51+,52-,53-,54+,55+/m1/s1. The molecule has 2 saturated heterocycles. The lowest BCUT2D eigenvalue weighted by molar-refractivity contribution is -0.228. The van der Waals surface area contributed by atoms with Crippen LogP contribution in [0.1, 0.15) is 80.8 Å². The summed E-state index contributed by atoms with van der Waals surface area (Å²) in [5.74, 6) is -1.63. The average molecular weight is 957 g/mol. The van der Waals surface area contributed by atoms with Crippen LogP contribution < -0.4 is 20.3 Å². The normalized spacial score (nSPS) is 32.8. The molecule has 2 bridgehead atoms. The highest BCUT2D eigenvalue weighted by Gasteiger charge is 2.80. The third-order valence-corrected chi connectivity index (χ3v) is 17.6. The van der Waals surface area contributed by atoms with Crippen LogP contribution in [0.3, 0.4) is 0 Å². The fourth-order valence-corrected chi connectivity index (χ4v) is 15.0. The Balaban J connectivity index is 1.16. The molecule has 3 fully saturated rings. The summed E-state index contributed by atoms with van der Waals surface area (Å²) in [5, 5.41) is 21.1. The van der Waals surface area contributed by atoms with Gasteiger partial charge in [-0.3, -0.25) is 14.5 Å². The van der Waals surface area contributed by atoms with E-state index in [1.54, 1.807) is 7.11 Å². The molecule has 2 amide bonds. The van der Waals surface area contributed by atoms with Gasteiger partial charge in [0.2, 0.25) is 5.60 Å². The zero-order valence-corrected chi connectivity index (χ0v) is 41.6. The number of benzene rings is 3. The van der Waals surface area contributed by atoms with E-state index < -0.39 is 57.4 Å². The molecule has 1 aromatic heterocycles. The van der Waals surface area contributed by atoms with Crippen LogP contribution in [0.25, 0.3) is 10.9 Å². The van der Waals surface area contributed by atoms with Crippen molar-refractivity contribution in [2.24, 2.45) is 11.3 Å². The maximum absolute atomic E-state index is 15.7. The topological polar surface area (TPSA) is 175 Å². The molecule has 6 aliphatic rings. The molecule has 3 aromatic carbocycles. The first-order chi connectivity index (χ1) is 33.7. The van der Waals surface area contributed by atoms with Crippen molar-refractivity contribution in [1.82, 2.24) is 25.4 Å². The van der Waals surface area contributed by atoms with E-state index in [1.807, 2.05) is 61.3 Å². The Morgan fingerprint density at radius 2 is 1.66 bits per heavy atom. The molecule has 15 nitrogen and oxygen atoms in total. The Labute approximate surface area is 410 Å². The number of nitrogens with zero attached hydrogens (tertiary/aromatic N) is 3. The van der Waals surface area contributed by atoms with E-state index in [0.29, 0.717) is 95.5 Å². The number of anilines is 1.